The minimum absolute atomic E-state index is 0.926. The van der Waals surface area contributed by atoms with Gasteiger partial charge in [-0.25, -0.2) is 0 Å². The second-order valence-corrected chi connectivity index (χ2v) is 2.88. The monoisotopic (exact) mass is 204 g/mol. The highest BCUT2D eigenvalue weighted by Gasteiger charge is 2.02. The van der Waals surface area contributed by atoms with Crippen LogP contribution in [0.15, 0.2) is 24.5 Å². The van der Waals surface area contributed by atoms with E-state index >= 15 is 0 Å². The molecule has 2 rings (SSSR count). The molecule has 15 heavy (non-hydrogen) atoms. The first kappa shape index (κ1) is 11.4. The van der Waals surface area contributed by atoms with Crippen LogP contribution in [0, 0.1) is 13.8 Å². The third kappa shape index (κ3) is 2.62. The maximum absolute atomic E-state index is 4.33. The smallest absolute Gasteiger partial charge is 0.107 e. The summed E-state index contributed by atoms with van der Waals surface area (Å²) in [4.78, 5) is 5.90. The standard InChI is InChI=1S/C9H10N4.C2H6/c1-7-3-4-9(8(2)12-7)13-10-5-6-11-13;1-2/h3-6H,1-2H3;1-2H3. The number of pyridine rings is 1. The molecular weight excluding hydrogens is 188 g/mol. The van der Waals surface area contributed by atoms with Gasteiger partial charge in [-0.1, -0.05) is 13.8 Å². The minimum Gasteiger partial charge on any atom is -0.256 e. The van der Waals surface area contributed by atoms with Crippen molar-refractivity contribution in [2.24, 2.45) is 0 Å². The maximum atomic E-state index is 4.33. The summed E-state index contributed by atoms with van der Waals surface area (Å²) in [7, 11) is 0. The molecule has 0 radical (unpaired) electrons. The number of aromatic nitrogens is 4. The SMILES string of the molecule is CC.Cc1ccc(-n2nccn2)c(C)n1. The molecule has 0 aliphatic heterocycles. The lowest BCUT2D eigenvalue weighted by atomic mass is 10.3. The molecule has 80 valence electrons. The molecular formula is C11H16N4. The summed E-state index contributed by atoms with van der Waals surface area (Å²) >= 11 is 0. The van der Waals surface area contributed by atoms with Crippen LogP contribution in [0.4, 0.5) is 0 Å². The van der Waals surface area contributed by atoms with Gasteiger partial charge in [0.1, 0.15) is 5.69 Å². The van der Waals surface area contributed by atoms with Gasteiger partial charge in [0.05, 0.1) is 18.1 Å². The Labute approximate surface area is 90.0 Å². The summed E-state index contributed by atoms with van der Waals surface area (Å²) in [6, 6.07) is 3.92. The predicted octanol–water partition coefficient (Wildman–Crippen LogP) is 2.31. The molecule has 0 bridgehead atoms. The Morgan fingerprint density at radius 3 is 2.13 bits per heavy atom. The van der Waals surface area contributed by atoms with E-state index < -0.39 is 0 Å². The molecule has 4 nitrogen and oxygen atoms in total. The van der Waals surface area contributed by atoms with Crippen molar-refractivity contribution >= 4 is 0 Å². The molecule has 2 aromatic rings. The van der Waals surface area contributed by atoms with E-state index in [9.17, 15) is 0 Å². The Balaban J connectivity index is 0.000000531. The summed E-state index contributed by atoms with van der Waals surface area (Å²) in [6.07, 6.45) is 3.30. The fourth-order valence-corrected chi connectivity index (χ4v) is 1.23. The Bertz CT molecular complexity index is 407. The fraction of sp³-hybridized carbons (Fsp3) is 0.364. The molecule has 2 heterocycles. The lowest BCUT2D eigenvalue weighted by molar-refractivity contribution is 0.740. The lowest BCUT2D eigenvalue weighted by Crippen LogP contribution is -2.02. The average Bonchev–Trinajstić information content (AvgIpc) is 2.74. The van der Waals surface area contributed by atoms with Crippen molar-refractivity contribution < 1.29 is 0 Å². The van der Waals surface area contributed by atoms with Crippen molar-refractivity contribution in [1.82, 2.24) is 20.0 Å². The predicted molar refractivity (Wildman–Crippen MR) is 60.0 cm³/mol. The van der Waals surface area contributed by atoms with Crippen molar-refractivity contribution in [3.63, 3.8) is 0 Å². The highest BCUT2D eigenvalue weighted by atomic mass is 15.5. The number of nitrogens with zero attached hydrogens (tertiary/aromatic N) is 4. The molecule has 0 unspecified atom stereocenters. The van der Waals surface area contributed by atoms with Gasteiger partial charge in [-0.2, -0.15) is 10.2 Å². The van der Waals surface area contributed by atoms with Gasteiger partial charge < -0.3 is 0 Å². The van der Waals surface area contributed by atoms with Gasteiger partial charge in [0.2, 0.25) is 0 Å². The zero-order chi connectivity index (χ0) is 11.3. The Hall–Kier alpha value is -1.71. The molecule has 4 heteroatoms. The minimum atomic E-state index is 0.926. The number of hydrogen-bond donors (Lipinski definition) is 0. The molecule has 0 saturated heterocycles. The van der Waals surface area contributed by atoms with Gasteiger partial charge in [-0.05, 0) is 26.0 Å². The molecule has 0 atom stereocenters. The summed E-state index contributed by atoms with van der Waals surface area (Å²) in [5.41, 5.74) is 2.88. The van der Waals surface area contributed by atoms with Gasteiger partial charge in [0.15, 0.2) is 0 Å². The van der Waals surface area contributed by atoms with Crippen LogP contribution in [-0.2, 0) is 0 Å². The van der Waals surface area contributed by atoms with E-state index in [1.165, 1.54) is 0 Å². The van der Waals surface area contributed by atoms with E-state index in [2.05, 4.69) is 15.2 Å². The van der Waals surface area contributed by atoms with Crippen LogP contribution >= 0.6 is 0 Å². The van der Waals surface area contributed by atoms with E-state index in [-0.39, 0.29) is 0 Å². The largest absolute Gasteiger partial charge is 0.256 e. The van der Waals surface area contributed by atoms with Crippen LogP contribution in [0.25, 0.3) is 5.69 Å². The summed E-state index contributed by atoms with van der Waals surface area (Å²) < 4.78 is 0. The molecule has 0 spiro atoms. The van der Waals surface area contributed by atoms with E-state index in [1.54, 1.807) is 17.2 Å². The van der Waals surface area contributed by atoms with Gasteiger partial charge in [0.25, 0.3) is 0 Å². The summed E-state index contributed by atoms with van der Waals surface area (Å²) in [5, 5.41) is 8.09. The third-order valence-corrected chi connectivity index (χ3v) is 1.83. The number of hydrogen-bond acceptors (Lipinski definition) is 3. The van der Waals surface area contributed by atoms with Crippen molar-refractivity contribution in [2.75, 3.05) is 0 Å². The quantitative estimate of drug-likeness (QED) is 0.716. The topological polar surface area (TPSA) is 43.6 Å². The van der Waals surface area contributed by atoms with Crippen LogP contribution in [-0.4, -0.2) is 20.0 Å². The highest BCUT2D eigenvalue weighted by Crippen LogP contribution is 2.09. The Kier molecular flexibility index (Phi) is 3.97. The molecule has 0 amide bonds. The molecule has 0 N–H and O–H groups in total. The van der Waals surface area contributed by atoms with Crippen LogP contribution < -0.4 is 0 Å². The molecule has 0 saturated carbocycles. The van der Waals surface area contributed by atoms with E-state index in [1.807, 2.05) is 39.8 Å². The Morgan fingerprint density at radius 2 is 1.60 bits per heavy atom. The van der Waals surface area contributed by atoms with Crippen LogP contribution in [0.1, 0.15) is 25.2 Å². The lowest BCUT2D eigenvalue weighted by Gasteiger charge is -2.03. The first-order chi connectivity index (χ1) is 7.27. The molecule has 0 aliphatic rings. The van der Waals surface area contributed by atoms with Crippen LogP contribution in [0.3, 0.4) is 0 Å². The highest BCUT2D eigenvalue weighted by molar-refractivity contribution is 5.34. The van der Waals surface area contributed by atoms with Crippen LogP contribution in [0.5, 0.6) is 0 Å². The van der Waals surface area contributed by atoms with Crippen molar-refractivity contribution in [2.45, 2.75) is 27.7 Å². The summed E-state index contributed by atoms with van der Waals surface area (Å²) in [6.45, 7) is 7.92. The van der Waals surface area contributed by atoms with Crippen LogP contribution in [0.2, 0.25) is 0 Å². The maximum Gasteiger partial charge on any atom is 0.107 e. The molecule has 0 aliphatic carbocycles. The van der Waals surface area contributed by atoms with Crippen molar-refractivity contribution in [3.05, 3.63) is 35.9 Å². The summed E-state index contributed by atoms with van der Waals surface area (Å²) in [5.74, 6) is 0. The zero-order valence-electron chi connectivity index (χ0n) is 9.60. The second kappa shape index (κ2) is 5.24. The second-order valence-electron chi connectivity index (χ2n) is 2.88. The number of aryl methyl sites for hydroxylation is 2. The van der Waals surface area contributed by atoms with Gasteiger partial charge in [0, 0.05) is 5.69 Å². The molecule has 2 aromatic heterocycles. The number of rotatable bonds is 1. The van der Waals surface area contributed by atoms with Gasteiger partial charge in [-0.3, -0.25) is 4.98 Å². The van der Waals surface area contributed by atoms with Gasteiger partial charge >= 0.3 is 0 Å². The fourth-order valence-electron chi connectivity index (χ4n) is 1.23. The van der Waals surface area contributed by atoms with Gasteiger partial charge in [-0.15, -0.1) is 4.80 Å². The first-order valence-electron chi connectivity index (χ1n) is 5.08. The Morgan fingerprint density at radius 1 is 1.00 bits per heavy atom. The normalized spacial score (nSPS) is 9.33. The van der Waals surface area contributed by atoms with E-state index in [0.29, 0.717) is 0 Å². The average molecular weight is 204 g/mol. The first-order valence-corrected chi connectivity index (χ1v) is 5.08. The van der Waals surface area contributed by atoms with E-state index in [0.717, 1.165) is 17.1 Å². The third-order valence-electron chi connectivity index (χ3n) is 1.83. The van der Waals surface area contributed by atoms with Crippen molar-refractivity contribution in [3.8, 4) is 5.69 Å². The van der Waals surface area contributed by atoms with Crippen molar-refractivity contribution in [1.29, 1.82) is 0 Å². The zero-order valence-corrected chi connectivity index (χ0v) is 9.60. The molecule has 0 fully saturated rings. The van der Waals surface area contributed by atoms with E-state index in [4.69, 9.17) is 0 Å². The molecule has 0 aromatic carbocycles.